The zero-order valence-electron chi connectivity index (χ0n) is 13.3. The third-order valence-electron chi connectivity index (χ3n) is 5.21. The third-order valence-corrected chi connectivity index (χ3v) is 5.54. The minimum Gasteiger partial charge on any atom is -0.289 e. The maximum atomic E-state index is 6.43. The van der Waals surface area contributed by atoms with Gasteiger partial charge in [-0.3, -0.25) is 4.90 Å². The number of hydrogen-bond acceptors (Lipinski definition) is 1. The van der Waals surface area contributed by atoms with Crippen LogP contribution in [-0.4, -0.2) is 17.0 Å². The van der Waals surface area contributed by atoms with E-state index < -0.39 is 0 Å². The molecule has 2 aromatic rings. The summed E-state index contributed by atoms with van der Waals surface area (Å²) in [6.07, 6.45) is 7.49. The van der Waals surface area contributed by atoms with Crippen molar-refractivity contribution in [3.8, 4) is 0 Å². The van der Waals surface area contributed by atoms with Gasteiger partial charge in [-0.2, -0.15) is 0 Å². The molecule has 1 saturated heterocycles. The van der Waals surface area contributed by atoms with Crippen molar-refractivity contribution in [3.63, 3.8) is 0 Å². The highest BCUT2D eigenvalue weighted by Gasteiger charge is 2.34. The van der Waals surface area contributed by atoms with Gasteiger partial charge in [0, 0.05) is 23.7 Å². The Bertz CT molecular complexity index is 707. The number of hydrogen-bond donors (Lipinski definition) is 0. The lowest BCUT2D eigenvalue weighted by Crippen LogP contribution is -2.47. The van der Waals surface area contributed by atoms with E-state index in [1.54, 1.807) is 0 Å². The van der Waals surface area contributed by atoms with Crippen LogP contribution in [0.4, 0.5) is 0 Å². The van der Waals surface area contributed by atoms with Gasteiger partial charge in [0.1, 0.15) is 0 Å². The van der Waals surface area contributed by atoms with Crippen molar-refractivity contribution < 1.29 is 0 Å². The van der Waals surface area contributed by atoms with Gasteiger partial charge in [-0.25, -0.2) is 0 Å². The van der Waals surface area contributed by atoms with Crippen LogP contribution in [0.25, 0.3) is 5.57 Å². The summed E-state index contributed by atoms with van der Waals surface area (Å²) in [6, 6.07) is 20.3. The van der Waals surface area contributed by atoms with Crippen LogP contribution in [0, 0.1) is 0 Å². The first kappa shape index (κ1) is 15.0. The van der Waals surface area contributed by atoms with E-state index in [9.17, 15) is 0 Å². The van der Waals surface area contributed by atoms with Gasteiger partial charge in [-0.15, -0.1) is 0 Å². The Morgan fingerprint density at radius 3 is 2.52 bits per heavy atom. The Morgan fingerprint density at radius 1 is 0.957 bits per heavy atom. The van der Waals surface area contributed by atoms with E-state index in [2.05, 4.69) is 53.4 Å². The Morgan fingerprint density at radius 2 is 1.74 bits per heavy atom. The normalized spacial score (nSPS) is 24.3. The van der Waals surface area contributed by atoms with Crippen LogP contribution in [0.5, 0.6) is 0 Å². The summed E-state index contributed by atoms with van der Waals surface area (Å²) in [5, 5.41) is 0.883. The van der Waals surface area contributed by atoms with E-state index in [1.807, 2.05) is 12.1 Å². The van der Waals surface area contributed by atoms with Gasteiger partial charge < -0.3 is 0 Å². The van der Waals surface area contributed by atoms with Crippen molar-refractivity contribution in [2.45, 2.75) is 44.3 Å². The first-order valence-electron chi connectivity index (χ1n) is 8.56. The maximum Gasteiger partial charge on any atom is 0.0481 e. The number of piperidine rings is 1. The average Bonchev–Trinajstić information content (AvgIpc) is 2.56. The molecular weight excluding hydrogens is 302 g/mol. The summed E-state index contributed by atoms with van der Waals surface area (Å²) in [7, 11) is 0. The Balaban J connectivity index is 1.62. The number of nitrogens with zero attached hydrogens (tertiary/aromatic N) is 1. The lowest BCUT2D eigenvalue weighted by Gasteiger charge is -2.45. The summed E-state index contributed by atoms with van der Waals surface area (Å²) in [5.74, 6) is 0. The third kappa shape index (κ3) is 3.08. The smallest absolute Gasteiger partial charge is 0.0481 e. The van der Waals surface area contributed by atoms with E-state index in [-0.39, 0.29) is 0 Å². The molecule has 0 aliphatic carbocycles. The topological polar surface area (TPSA) is 3.24 Å². The number of benzene rings is 2. The Hall–Kier alpha value is -1.57. The molecule has 2 aromatic carbocycles. The monoisotopic (exact) mass is 323 g/mol. The second kappa shape index (κ2) is 6.51. The molecular formula is C21H22ClN. The maximum absolute atomic E-state index is 6.43. The zero-order valence-corrected chi connectivity index (χ0v) is 14.0. The van der Waals surface area contributed by atoms with Crippen LogP contribution < -0.4 is 0 Å². The number of fused-ring (bicyclic) bond motifs is 2. The summed E-state index contributed by atoms with van der Waals surface area (Å²) in [4.78, 5) is 2.69. The SMILES string of the molecule is Clc1ccccc1C1=CC2CCCC(C1)N2Cc1ccccc1. The van der Waals surface area contributed by atoms with Crippen LogP contribution >= 0.6 is 11.6 Å². The summed E-state index contributed by atoms with van der Waals surface area (Å²) < 4.78 is 0. The fraction of sp³-hybridized carbons (Fsp3) is 0.333. The molecule has 0 saturated carbocycles. The highest BCUT2D eigenvalue weighted by molar-refractivity contribution is 6.32. The quantitative estimate of drug-likeness (QED) is 0.715. The van der Waals surface area contributed by atoms with E-state index in [0.29, 0.717) is 12.1 Å². The second-order valence-electron chi connectivity index (χ2n) is 6.69. The van der Waals surface area contributed by atoms with Crippen LogP contribution in [-0.2, 0) is 6.54 Å². The molecule has 4 rings (SSSR count). The molecule has 0 spiro atoms. The lowest BCUT2D eigenvalue weighted by molar-refractivity contribution is 0.0951. The molecule has 1 fully saturated rings. The average molecular weight is 324 g/mol. The van der Waals surface area contributed by atoms with Crippen molar-refractivity contribution in [1.82, 2.24) is 4.90 Å². The summed E-state index contributed by atoms with van der Waals surface area (Å²) in [5.41, 5.74) is 4.08. The summed E-state index contributed by atoms with van der Waals surface area (Å²) >= 11 is 6.43. The van der Waals surface area contributed by atoms with Crippen molar-refractivity contribution in [2.24, 2.45) is 0 Å². The van der Waals surface area contributed by atoms with Gasteiger partial charge in [0.2, 0.25) is 0 Å². The van der Waals surface area contributed by atoms with Gasteiger partial charge >= 0.3 is 0 Å². The minimum absolute atomic E-state index is 0.550. The lowest BCUT2D eigenvalue weighted by atomic mass is 9.82. The highest BCUT2D eigenvalue weighted by Crippen LogP contribution is 2.39. The minimum atomic E-state index is 0.550. The van der Waals surface area contributed by atoms with Crippen LogP contribution in [0.15, 0.2) is 60.7 Å². The predicted molar refractivity (Wildman–Crippen MR) is 97.5 cm³/mol. The number of halogens is 1. The molecule has 2 heterocycles. The van der Waals surface area contributed by atoms with E-state index in [1.165, 1.54) is 36.0 Å². The van der Waals surface area contributed by atoms with E-state index >= 15 is 0 Å². The molecule has 0 N–H and O–H groups in total. The Kier molecular flexibility index (Phi) is 4.24. The predicted octanol–water partition coefficient (Wildman–Crippen LogP) is 5.55. The van der Waals surface area contributed by atoms with Crippen LogP contribution in [0.1, 0.15) is 36.8 Å². The van der Waals surface area contributed by atoms with E-state index in [0.717, 1.165) is 18.0 Å². The van der Waals surface area contributed by atoms with Crippen molar-refractivity contribution in [2.75, 3.05) is 0 Å². The fourth-order valence-electron chi connectivity index (χ4n) is 4.08. The Labute approximate surface area is 143 Å². The standard InChI is InChI=1S/C21H22ClN/c22-21-12-5-4-11-20(21)17-13-18-9-6-10-19(14-17)23(18)15-16-7-2-1-3-8-16/h1-5,7-8,11-13,18-19H,6,9-10,14-15H2. The van der Waals surface area contributed by atoms with Gasteiger partial charge in [-0.05, 0) is 42.0 Å². The fourth-order valence-corrected chi connectivity index (χ4v) is 4.34. The van der Waals surface area contributed by atoms with Gasteiger partial charge in [-0.1, -0.05) is 72.6 Å². The zero-order chi connectivity index (χ0) is 15.6. The molecule has 2 aliphatic heterocycles. The molecule has 1 nitrogen and oxygen atoms in total. The molecule has 23 heavy (non-hydrogen) atoms. The number of rotatable bonds is 3. The molecule has 0 aromatic heterocycles. The molecule has 0 radical (unpaired) electrons. The van der Waals surface area contributed by atoms with Crippen molar-refractivity contribution in [1.29, 1.82) is 0 Å². The largest absolute Gasteiger partial charge is 0.289 e. The van der Waals surface area contributed by atoms with Crippen molar-refractivity contribution >= 4 is 17.2 Å². The second-order valence-corrected chi connectivity index (χ2v) is 7.09. The molecule has 2 aliphatic rings. The van der Waals surface area contributed by atoms with E-state index in [4.69, 9.17) is 11.6 Å². The van der Waals surface area contributed by atoms with Gasteiger partial charge in [0.25, 0.3) is 0 Å². The molecule has 2 unspecified atom stereocenters. The molecule has 2 heteroatoms. The first-order valence-corrected chi connectivity index (χ1v) is 8.94. The first-order chi connectivity index (χ1) is 11.3. The molecule has 2 atom stereocenters. The van der Waals surface area contributed by atoms with Crippen LogP contribution in [0.2, 0.25) is 5.02 Å². The molecule has 0 amide bonds. The highest BCUT2D eigenvalue weighted by atomic mass is 35.5. The van der Waals surface area contributed by atoms with Crippen molar-refractivity contribution in [3.05, 3.63) is 76.8 Å². The molecule has 2 bridgehead atoms. The van der Waals surface area contributed by atoms with Crippen LogP contribution in [0.3, 0.4) is 0 Å². The summed E-state index contributed by atoms with van der Waals surface area (Å²) in [6.45, 7) is 1.06. The van der Waals surface area contributed by atoms with Gasteiger partial charge in [0.15, 0.2) is 0 Å². The molecule has 118 valence electrons. The van der Waals surface area contributed by atoms with Gasteiger partial charge in [0.05, 0.1) is 0 Å².